The number of oxime groups is 1. The van der Waals surface area contributed by atoms with Crippen LogP contribution in [-0.4, -0.2) is 51.1 Å². The van der Waals surface area contributed by atoms with Crippen LogP contribution in [0.4, 0.5) is 5.69 Å². The lowest BCUT2D eigenvalue weighted by atomic mass is 9.75. The average Bonchev–Trinajstić information content (AvgIpc) is 3.27. The maximum absolute atomic E-state index is 11.5. The predicted octanol–water partition coefficient (Wildman–Crippen LogP) is 2.27. The van der Waals surface area contributed by atoms with Crippen LogP contribution in [-0.2, 0) is 20.9 Å². The summed E-state index contributed by atoms with van der Waals surface area (Å²) in [4.78, 5) is 21.8. The Bertz CT molecular complexity index is 921. The molecule has 1 N–H and O–H groups in total. The minimum atomic E-state index is -0.426. The highest BCUT2D eigenvalue weighted by molar-refractivity contribution is 6.11. The van der Waals surface area contributed by atoms with Gasteiger partial charge in [0.25, 0.3) is 0 Å². The molecule has 0 atom stereocenters. The van der Waals surface area contributed by atoms with Crippen molar-refractivity contribution >= 4 is 28.2 Å². The molecule has 0 amide bonds. The SMILES string of the molecule is CCn1ncc2c(NC3CCOCC3)c(C3=NOC4(CC(=O)C4)C3)cnc21. The molecule has 0 aromatic carbocycles. The largest absolute Gasteiger partial charge is 0.388 e. The summed E-state index contributed by atoms with van der Waals surface area (Å²) in [5.41, 5.74) is 3.25. The van der Waals surface area contributed by atoms with Crippen molar-refractivity contribution in [2.24, 2.45) is 5.16 Å². The first kappa shape index (κ1) is 16.7. The molecule has 1 spiro atoms. The second-order valence-corrected chi connectivity index (χ2v) is 7.66. The Morgan fingerprint density at radius 1 is 1.26 bits per heavy atom. The molecule has 2 aromatic heterocycles. The first-order valence-electron chi connectivity index (χ1n) is 9.63. The molecule has 1 saturated carbocycles. The fourth-order valence-electron chi connectivity index (χ4n) is 4.20. The zero-order valence-corrected chi connectivity index (χ0v) is 15.4. The lowest BCUT2D eigenvalue weighted by Crippen LogP contribution is -2.44. The third-order valence-corrected chi connectivity index (χ3v) is 5.72. The van der Waals surface area contributed by atoms with Gasteiger partial charge >= 0.3 is 0 Å². The fourth-order valence-corrected chi connectivity index (χ4v) is 4.20. The van der Waals surface area contributed by atoms with Crippen molar-refractivity contribution in [2.75, 3.05) is 18.5 Å². The van der Waals surface area contributed by atoms with Crippen LogP contribution >= 0.6 is 0 Å². The summed E-state index contributed by atoms with van der Waals surface area (Å²) in [5.74, 6) is 0.241. The van der Waals surface area contributed by atoms with Gasteiger partial charge in [0.05, 0.1) is 23.0 Å². The summed E-state index contributed by atoms with van der Waals surface area (Å²) in [5, 5.41) is 13.5. The Kier molecular flexibility index (Phi) is 3.89. The highest BCUT2D eigenvalue weighted by Crippen LogP contribution is 2.42. The van der Waals surface area contributed by atoms with E-state index in [1.807, 2.05) is 17.1 Å². The monoisotopic (exact) mass is 369 g/mol. The number of carbonyl (C=O) groups excluding carboxylic acids is 1. The summed E-state index contributed by atoms with van der Waals surface area (Å²) < 4.78 is 7.39. The molecule has 0 unspecified atom stereocenters. The minimum Gasteiger partial charge on any atom is -0.388 e. The van der Waals surface area contributed by atoms with Gasteiger partial charge in [-0.25, -0.2) is 9.67 Å². The van der Waals surface area contributed by atoms with Gasteiger partial charge in [-0.05, 0) is 19.8 Å². The third-order valence-electron chi connectivity index (χ3n) is 5.72. The van der Waals surface area contributed by atoms with Crippen molar-refractivity contribution < 1.29 is 14.4 Å². The Hall–Kier alpha value is -2.48. The molecule has 1 aliphatic carbocycles. The summed E-state index contributed by atoms with van der Waals surface area (Å²) in [6.45, 7) is 4.36. The lowest BCUT2D eigenvalue weighted by Gasteiger charge is -2.33. The van der Waals surface area contributed by atoms with Crippen LogP contribution in [0.1, 0.15) is 44.6 Å². The summed E-state index contributed by atoms with van der Waals surface area (Å²) in [7, 11) is 0. The number of anilines is 1. The van der Waals surface area contributed by atoms with E-state index in [0.717, 1.165) is 60.6 Å². The zero-order chi connectivity index (χ0) is 18.4. The van der Waals surface area contributed by atoms with E-state index in [0.29, 0.717) is 25.3 Å². The van der Waals surface area contributed by atoms with Gasteiger partial charge in [0.1, 0.15) is 5.78 Å². The van der Waals surface area contributed by atoms with Crippen molar-refractivity contribution in [2.45, 2.75) is 57.2 Å². The van der Waals surface area contributed by atoms with Crippen LogP contribution in [0, 0.1) is 0 Å². The van der Waals surface area contributed by atoms with Crippen LogP contribution in [0.15, 0.2) is 17.5 Å². The molecule has 3 aliphatic rings. The number of nitrogens with one attached hydrogen (secondary N) is 1. The van der Waals surface area contributed by atoms with Crippen LogP contribution in [0.25, 0.3) is 11.0 Å². The standard InChI is InChI=1S/C19H23N5O3/c1-2-24-18-15(11-21-24)17(22-12-3-5-26-6-4-12)14(10-20-18)16-9-19(27-23-16)7-13(25)8-19/h10-12H,2-9H2,1H3,(H,20,22). The Morgan fingerprint density at radius 3 is 2.81 bits per heavy atom. The number of carbonyl (C=O) groups is 1. The molecule has 0 radical (unpaired) electrons. The number of nitrogens with zero attached hydrogens (tertiary/aromatic N) is 4. The maximum Gasteiger partial charge on any atom is 0.159 e. The van der Waals surface area contributed by atoms with E-state index in [-0.39, 0.29) is 5.78 Å². The molecule has 1 saturated heterocycles. The minimum absolute atomic E-state index is 0.241. The second kappa shape index (κ2) is 6.30. The predicted molar refractivity (Wildman–Crippen MR) is 99.9 cm³/mol. The third kappa shape index (κ3) is 2.79. The topological polar surface area (TPSA) is 90.6 Å². The van der Waals surface area contributed by atoms with Gasteiger partial charge in [-0.3, -0.25) is 4.79 Å². The average molecular weight is 369 g/mol. The van der Waals surface area contributed by atoms with Crippen LogP contribution in [0.3, 0.4) is 0 Å². The molecule has 8 heteroatoms. The maximum atomic E-state index is 11.5. The van der Waals surface area contributed by atoms with Gasteiger partial charge < -0.3 is 14.9 Å². The van der Waals surface area contributed by atoms with Gasteiger partial charge in [0, 0.05) is 56.8 Å². The summed E-state index contributed by atoms with van der Waals surface area (Å²) >= 11 is 0. The number of pyridine rings is 1. The van der Waals surface area contributed by atoms with E-state index in [2.05, 4.69) is 27.5 Å². The van der Waals surface area contributed by atoms with E-state index in [9.17, 15) is 4.79 Å². The van der Waals surface area contributed by atoms with Gasteiger partial charge in [0.15, 0.2) is 11.2 Å². The van der Waals surface area contributed by atoms with E-state index in [1.165, 1.54) is 0 Å². The Morgan fingerprint density at radius 2 is 2.07 bits per heavy atom. The van der Waals surface area contributed by atoms with Crippen molar-refractivity contribution in [3.63, 3.8) is 0 Å². The van der Waals surface area contributed by atoms with Crippen molar-refractivity contribution in [3.05, 3.63) is 18.0 Å². The first-order chi connectivity index (χ1) is 13.2. The van der Waals surface area contributed by atoms with Crippen molar-refractivity contribution in [3.8, 4) is 0 Å². The number of rotatable bonds is 4. The highest BCUT2D eigenvalue weighted by Gasteiger charge is 2.50. The molecule has 2 fully saturated rings. The molecule has 8 nitrogen and oxygen atoms in total. The normalized spacial score (nSPS) is 22.0. The van der Waals surface area contributed by atoms with Gasteiger partial charge in [-0.15, -0.1) is 0 Å². The molecule has 2 aromatic rings. The Balaban J connectivity index is 1.53. The smallest absolute Gasteiger partial charge is 0.159 e. The summed E-state index contributed by atoms with van der Waals surface area (Å²) in [6, 6.07) is 0.343. The number of ketones is 1. The van der Waals surface area contributed by atoms with E-state index in [1.54, 1.807) is 0 Å². The highest BCUT2D eigenvalue weighted by atomic mass is 16.7. The molecular formula is C19H23N5O3. The number of Topliss-reactive ketones (excluding diaryl/α,β-unsaturated/α-hetero) is 1. The number of hydrogen-bond donors (Lipinski definition) is 1. The van der Waals surface area contributed by atoms with Gasteiger partial charge in [0.2, 0.25) is 0 Å². The molecule has 2 aliphatic heterocycles. The molecular weight excluding hydrogens is 346 g/mol. The molecule has 0 bridgehead atoms. The van der Waals surface area contributed by atoms with E-state index >= 15 is 0 Å². The number of hydrogen-bond acceptors (Lipinski definition) is 7. The zero-order valence-electron chi connectivity index (χ0n) is 15.4. The number of fused-ring (bicyclic) bond motifs is 1. The number of aryl methyl sites for hydroxylation is 1. The van der Waals surface area contributed by atoms with Gasteiger partial charge in [-0.2, -0.15) is 5.10 Å². The molecule has 4 heterocycles. The lowest BCUT2D eigenvalue weighted by molar-refractivity contribution is -0.147. The van der Waals surface area contributed by atoms with Crippen LogP contribution in [0.2, 0.25) is 0 Å². The molecule has 27 heavy (non-hydrogen) atoms. The number of ether oxygens (including phenoxy) is 1. The fraction of sp³-hybridized carbons (Fsp3) is 0.579. The van der Waals surface area contributed by atoms with Gasteiger partial charge in [-0.1, -0.05) is 5.16 Å². The number of aromatic nitrogens is 3. The van der Waals surface area contributed by atoms with Crippen molar-refractivity contribution in [1.82, 2.24) is 14.8 Å². The first-order valence-corrected chi connectivity index (χ1v) is 9.63. The quantitative estimate of drug-likeness (QED) is 0.889. The van der Waals surface area contributed by atoms with Crippen LogP contribution in [0.5, 0.6) is 0 Å². The molecule has 142 valence electrons. The Labute approximate surface area is 156 Å². The summed E-state index contributed by atoms with van der Waals surface area (Å²) in [6.07, 6.45) is 7.21. The molecule has 5 rings (SSSR count). The van der Waals surface area contributed by atoms with Crippen molar-refractivity contribution in [1.29, 1.82) is 0 Å². The second-order valence-electron chi connectivity index (χ2n) is 7.66. The van der Waals surface area contributed by atoms with Crippen LogP contribution < -0.4 is 5.32 Å². The van der Waals surface area contributed by atoms with E-state index in [4.69, 9.17) is 9.57 Å². The van der Waals surface area contributed by atoms with E-state index < -0.39 is 5.60 Å².